The second-order valence-electron chi connectivity index (χ2n) is 23.8. The van der Waals surface area contributed by atoms with E-state index in [0.29, 0.717) is 33.8 Å². The van der Waals surface area contributed by atoms with Gasteiger partial charge in [0, 0.05) is 35.3 Å². The van der Waals surface area contributed by atoms with Crippen LogP contribution in [0, 0.1) is 12.3 Å². The zero-order valence-corrected chi connectivity index (χ0v) is 43.0. The molecule has 68 heavy (non-hydrogen) atoms. The molecule has 0 saturated heterocycles. The minimum Gasteiger partial charge on any atom is -0.507 e. The molecule has 350 valence electrons. The Kier molecular flexibility index (Phi) is 10.7. The van der Waals surface area contributed by atoms with Gasteiger partial charge in [-0.15, -0.1) is 0 Å². The van der Waals surface area contributed by atoms with E-state index in [4.69, 9.17) is 16.8 Å². The van der Waals surface area contributed by atoms with Gasteiger partial charge < -0.3 is 5.11 Å². The number of benzene rings is 6. The lowest BCUT2D eigenvalue weighted by atomic mass is 9.79. The molecule has 0 bridgehead atoms. The lowest BCUT2D eigenvalue weighted by Crippen LogP contribution is -2.17. The van der Waals surface area contributed by atoms with Gasteiger partial charge in [0.2, 0.25) is 0 Å². The van der Waals surface area contributed by atoms with Gasteiger partial charge in [0.05, 0.1) is 28.0 Å². The first-order valence-electron chi connectivity index (χ1n) is 26.5. The SMILES string of the molecule is [2H]C([2H])([2H])c1cc(C([2H])([2H])C(C)(C)C)ccc1-c1ccnc(-c2cc(-c3cccc4c3nc(-c3cc(C(C)(C)C)cc(C(C)(C)C)c3O)n4-c3ccc(C(C)(C)C)cc3-c3ccccc3)cc(C(C)(C)C)c2)c1. The van der Waals surface area contributed by atoms with E-state index in [-0.39, 0.29) is 33.0 Å². The Morgan fingerprint density at radius 2 is 1.19 bits per heavy atom. The number of imidazole rings is 1. The molecule has 2 aromatic heterocycles. The van der Waals surface area contributed by atoms with Crippen molar-refractivity contribution in [3.63, 3.8) is 0 Å². The van der Waals surface area contributed by atoms with Crippen molar-refractivity contribution in [2.75, 3.05) is 0 Å². The van der Waals surface area contributed by atoms with Crippen LogP contribution in [0.5, 0.6) is 5.75 Å². The number of para-hydroxylation sites is 1. The Labute approximate surface area is 414 Å². The average molecular weight is 905 g/mol. The first-order chi connectivity index (χ1) is 33.7. The fourth-order valence-electron chi connectivity index (χ4n) is 9.04. The van der Waals surface area contributed by atoms with Crippen molar-refractivity contribution < 1.29 is 12.0 Å². The second-order valence-corrected chi connectivity index (χ2v) is 23.8. The van der Waals surface area contributed by atoms with Crippen molar-refractivity contribution in [1.82, 2.24) is 14.5 Å². The molecule has 0 aliphatic carbocycles. The number of aromatic nitrogens is 3. The molecule has 0 saturated carbocycles. The molecule has 0 aliphatic rings. The van der Waals surface area contributed by atoms with Gasteiger partial charge in [-0.2, -0.15) is 0 Å². The van der Waals surface area contributed by atoms with Gasteiger partial charge in [-0.1, -0.05) is 183 Å². The number of phenols is 1. The third-order valence-corrected chi connectivity index (χ3v) is 12.9. The number of pyridine rings is 1. The molecule has 0 atom stereocenters. The molecule has 8 aromatic rings. The summed E-state index contributed by atoms with van der Waals surface area (Å²) in [4.78, 5) is 10.6. The quantitative estimate of drug-likeness (QED) is 0.173. The molecule has 0 fully saturated rings. The predicted molar refractivity (Wildman–Crippen MR) is 290 cm³/mol. The summed E-state index contributed by atoms with van der Waals surface area (Å²) in [7, 11) is 0. The molecule has 0 amide bonds. The Hall–Kier alpha value is -6.26. The fourth-order valence-corrected chi connectivity index (χ4v) is 9.04. The normalized spacial score (nSPS) is 14.3. The zero-order valence-electron chi connectivity index (χ0n) is 48.0. The number of rotatable bonds is 7. The molecule has 0 aliphatic heterocycles. The van der Waals surface area contributed by atoms with Crippen LogP contribution in [-0.4, -0.2) is 19.6 Å². The highest BCUT2D eigenvalue weighted by molar-refractivity contribution is 5.98. The molecule has 2 heterocycles. The third-order valence-electron chi connectivity index (χ3n) is 12.9. The molecule has 1 N–H and O–H groups in total. The minimum absolute atomic E-state index is 0.0923. The third kappa shape index (κ3) is 9.84. The molecule has 0 unspecified atom stereocenters. The maximum atomic E-state index is 12.6. The van der Waals surface area contributed by atoms with Gasteiger partial charge in [-0.3, -0.25) is 9.55 Å². The summed E-state index contributed by atoms with van der Waals surface area (Å²) in [6.45, 7) is 29.3. The zero-order chi connectivity index (χ0) is 53.6. The fraction of sp³-hybridized carbons (Fsp3) is 0.344. The summed E-state index contributed by atoms with van der Waals surface area (Å²) in [5.41, 5.74) is 12.8. The Bertz CT molecular complexity index is 3380. The summed E-state index contributed by atoms with van der Waals surface area (Å²) in [5, 5.41) is 12.6. The standard InChI is InChI=1S/C64H73N3O/c1-40-31-41(39-60(2,3)4)25-27-49(40)43-29-30-65-54(35-43)45-32-44(33-47(34-45)62(8,9)10)50-23-20-24-56-57(50)66-59(52-37-48(63(11,12)13)38-53(58(52)68)64(14,15)16)67(56)55-28-26-46(61(5,6)7)36-51(55)42-21-18-17-19-22-42/h17-38,68H,39H2,1-16H3/i1D3,39D2. The number of phenolic OH excluding ortho intramolecular Hbond substituents is 1. The number of nitrogens with zero attached hydrogens (tertiary/aromatic N) is 3. The van der Waals surface area contributed by atoms with Crippen LogP contribution >= 0.6 is 0 Å². The van der Waals surface area contributed by atoms with E-state index >= 15 is 0 Å². The molecule has 6 aromatic carbocycles. The van der Waals surface area contributed by atoms with E-state index in [9.17, 15) is 5.11 Å². The van der Waals surface area contributed by atoms with Crippen molar-refractivity contribution in [2.45, 2.75) is 139 Å². The van der Waals surface area contributed by atoms with Crippen LogP contribution in [0.15, 0.2) is 134 Å². The molecule has 4 heteroatoms. The van der Waals surface area contributed by atoms with Crippen molar-refractivity contribution in [2.24, 2.45) is 5.41 Å². The van der Waals surface area contributed by atoms with Crippen LogP contribution < -0.4 is 0 Å². The van der Waals surface area contributed by atoms with Gasteiger partial charge in [-0.05, 0) is 139 Å². The van der Waals surface area contributed by atoms with Crippen LogP contribution in [0.1, 0.15) is 144 Å². The highest BCUT2D eigenvalue weighted by atomic mass is 16.3. The number of aryl methyl sites for hydroxylation is 1. The first-order valence-corrected chi connectivity index (χ1v) is 24.0. The van der Waals surface area contributed by atoms with Gasteiger partial charge in [0.15, 0.2) is 0 Å². The summed E-state index contributed by atoms with van der Waals surface area (Å²) < 4.78 is 45.9. The summed E-state index contributed by atoms with van der Waals surface area (Å²) in [6, 6.07) is 43.1. The Morgan fingerprint density at radius 3 is 1.84 bits per heavy atom. The van der Waals surface area contributed by atoms with E-state index < -0.39 is 18.6 Å². The monoisotopic (exact) mass is 905 g/mol. The van der Waals surface area contributed by atoms with E-state index in [2.05, 4.69) is 179 Å². The van der Waals surface area contributed by atoms with Crippen LogP contribution in [0.2, 0.25) is 0 Å². The molecule has 8 rings (SSSR count). The highest BCUT2D eigenvalue weighted by Gasteiger charge is 2.30. The van der Waals surface area contributed by atoms with E-state index in [1.165, 1.54) is 11.6 Å². The molecular formula is C64H73N3O. The van der Waals surface area contributed by atoms with Crippen molar-refractivity contribution >= 4 is 11.0 Å². The number of hydrogen-bond acceptors (Lipinski definition) is 3. The number of aromatic hydroxyl groups is 1. The number of fused-ring (bicyclic) bond motifs is 1. The van der Waals surface area contributed by atoms with E-state index in [0.717, 1.165) is 61.2 Å². The maximum absolute atomic E-state index is 12.6. The van der Waals surface area contributed by atoms with Crippen molar-refractivity contribution in [3.05, 3.63) is 167 Å². The summed E-state index contributed by atoms with van der Waals surface area (Å²) in [6.07, 6.45) is -0.0564. The number of hydrogen-bond donors (Lipinski definition) is 1. The topological polar surface area (TPSA) is 50.9 Å². The molecule has 0 radical (unpaired) electrons. The largest absolute Gasteiger partial charge is 0.507 e. The van der Waals surface area contributed by atoms with E-state index in [1.54, 1.807) is 18.3 Å². The second kappa shape index (κ2) is 17.4. The van der Waals surface area contributed by atoms with E-state index in [1.807, 2.05) is 39.0 Å². The van der Waals surface area contributed by atoms with Gasteiger partial charge in [-0.25, -0.2) is 4.98 Å². The Morgan fingerprint density at radius 1 is 0.529 bits per heavy atom. The summed E-state index contributed by atoms with van der Waals surface area (Å²) in [5.74, 6) is 0.837. The molecule has 4 nitrogen and oxygen atoms in total. The van der Waals surface area contributed by atoms with Crippen LogP contribution in [0.4, 0.5) is 0 Å². The predicted octanol–water partition coefficient (Wildman–Crippen LogP) is 17.5. The highest BCUT2D eigenvalue weighted by Crippen LogP contribution is 2.46. The van der Waals surface area contributed by atoms with Crippen molar-refractivity contribution in [1.29, 1.82) is 0 Å². The lowest BCUT2D eigenvalue weighted by Gasteiger charge is -2.28. The average Bonchev–Trinajstić information content (AvgIpc) is 3.69. The van der Waals surface area contributed by atoms with Gasteiger partial charge >= 0.3 is 0 Å². The van der Waals surface area contributed by atoms with Gasteiger partial charge in [0.1, 0.15) is 11.6 Å². The van der Waals surface area contributed by atoms with Crippen LogP contribution in [0.25, 0.3) is 72.7 Å². The Balaban J connectivity index is 1.42. The van der Waals surface area contributed by atoms with Crippen molar-refractivity contribution in [3.8, 4) is 67.5 Å². The van der Waals surface area contributed by atoms with Crippen LogP contribution in [0.3, 0.4) is 0 Å². The first kappa shape index (κ1) is 41.9. The van der Waals surface area contributed by atoms with Gasteiger partial charge in [0.25, 0.3) is 0 Å². The molecule has 0 spiro atoms. The van der Waals surface area contributed by atoms with Crippen LogP contribution in [-0.2, 0) is 28.0 Å². The lowest BCUT2D eigenvalue weighted by molar-refractivity contribution is 0.411. The summed E-state index contributed by atoms with van der Waals surface area (Å²) >= 11 is 0. The minimum atomic E-state index is -2.50. The molecular weight excluding hydrogens is 827 g/mol. The smallest absolute Gasteiger partial charge is 0.149 e. The maximum Gasteiger partial charge on any atom is 0.149 e.